The monoisotopic (exact) mass is 295 g/mol. The molecule has 0 saturated heterocycles. The summed E-state index contributed by atoms with van der Waals surface area (Å²) in [6, 6.07) is 0. The molecule has 0 unspecified atom stereocenters. The van der Waals surface area contributed by atoms with Crippen LogP contribution in [-0.2, 0) is 12.8 Å². The largest absolute Gasteiger partial charge is 0.362 e. The molecule has 2 aromatic rings. The second kappa shape index (κ2) is 7.01. The quantitative estimate of drug-likeness (QED) is 0.758. The maximum atomic E-state index is 4.69. The van der Waals surface area contributed by atoms with E-state index in [2.05, 4.69) is 41.4 Å². The number of unbranched alkanes of at least 4 members (excludes halogenated alkanes) is 1. The summed E-state index contributed by atoms with van der Waals surface area (Å²) in [5, 5.41) is 7.76. The molecule has 3 nitrogen and oxygen atoms in total. The Labute approximate surface area is 123 Å². The molecule has 0 saturated carbocycles. The van der Waals surface area contributed by atoms with Crippen molar-refractivity contribution in [2.45, 2.75) is 46.5 Å². The molecule has 19 heavy (non-hydrogen) atoms. The van der Waals surface area contributed by atoms with Crippen LogP contribution in [0.5, 0.6) is 0 Å². The lowest BCUT2D eigenvalue weighted by molar-refractivity contribution is 0.833. The smallest absolute Gasteiger partial charge is 0.183 e. The van der Waals surface area contributed by atoms with Gasteiger partial charge in [0.25, 0.3) is 0 Å². The van der Waals surface area contributed by atoms with Crippen LogP contribution in [0.15, 0.2) is 5.38 Å². The zero-order valence-corrected chi connectivity index (χ0v) is 13.5. The van der Waals surface area contributed by atoms with Gasteiger partial charge in [-0.05, 0) is 19.3 Å². The highest BCUT2D eigenvalue weighted by atomic mass is 32.1. The molecule has 104 valence electrons. The molecule has 0 aliphatic rings. The van der Waals surface area contributed by atoms with E-state index < -0.39 is 0 Å². The highest BCUT2D eigenvalue weighted by Crippen LogP contribution is 2.33. The Balaban J connectivity index is 2.15. The molecule has 2 heterocycles. The lowest BCUT2D eigenvalue weighted by Gasteiger charge is -1.99. The van der Waals surface area contributed by atoms with Crippen molar-refractivity contribution < 1.29 is 0 Å². The number of nitrogens with zero attached hydrogens (tertiary/aromatic N) is 2. The SMILES string of the molecule is CCCCNc1nc(-c2sc(CC)nc2CC)cs1. The topological polar surface area (TPSA) is 37.8 Å². The maximum absolute atomic E-state index is 4.69. The second-order valence-corrected chi connectivity index (χ2v) is 6.35. The number of aromatic nitrogens is 2. The predicted octanol–water partition coefficient (Wildman–Crippen LogP) is 4.60. The van der Waals surface area contributed by atoms with Gasteiger partial charge in [0.15, 0.2) is 5.13 Å². The average molecular weight is 295 g/mol. The van der Waals surface area contributed by atoms with Crippen LogP contribution in [0.1, 0.15) is 44.3 Å². The summed E-state index contributed by atoms with van der Waals surface area (Å²) < 4.78 is 0. The van der Waals surface area contributed by atoms with Gasteiger partial charge < -0.3 is 5.32 Å². The number of rotatable bonds is 7. The van der Waals surface area contributed by atoms with Crippen molar-refractivity contribution in [1.29, 1.82) is 0 Å². The number of aryl methyl sites for hydroxylation is 2. The zero-order valence-electron chi connectivity index (χ0n) is 11.8. The molecule has 0 spiro atoms. The van der Waals surface area contributed by atoms with Gasteiger partial charge in [-0.3, -0.25) is 0 Å². The number of anilines is 1. The van der Waals surface area contributed by atoms with Crippen molar-refractivity contribution >= 4 is 27.8 Å². The lowest BCUT2D eigenvalue weighted by atomic mass is 10.2. The third kappa shape index (κ3) is 3.54. The summed E-state index contributed by atoms with van der Waals surface area (Å²) in [6.45, 7) is 7.52. The average Bonchev–Trinajstić information content (AvgIpc) is 3.04. The number of thiazole rings is 2. The second-order valence-electron chi connectivity index (χ2n) is 4.41. The Hall–Kier alpha value is -0.940. The summed E-state index contributed by atoms with van der Waals surface area (Å²) in [6.07, 6.45) is 4.38. The minimum absolute atomic E-state index is 0.974. The fourth-order valence-electron chi connectivity index (χ4n) is 1.82. The first-order chi connectivity index (χ1) is 9.28. The van der Waals surface area contributed by atoms with Gasteiger partial charge in [-0.25, -0.2) is 9.97 Å². The van der Waals surface area contributed by atoms with Gasteiger partial charge in [0.05, 0.1) is 21.3 Å². The first kappa shape index (κ1) is 14.5. The van der Waals surface area contributed by atoms with Crippen molar-refractivity contribution in [2.75, 3.05) is 11.9 Å². The molecule has 2 aromatic heterocycles. The van der Waals surface area contributed by atoms with Crippen LogP contribution in [-0.4, -0.2) is 16.5 Å². The summed E-state index contributed by atoms with van der Waals surface area (Å²) in [7, 11) is 0. The Morgan fingerprint density at radius 3 is 2.68 bits per heavy atom. The molecule has 2 rings (SSSR count). The van der Waals surface area contributed by atoms with E-state index in [1.165, 1.54) is 28.4 Å². The van der Waals surface area contributed by atoms with Gasteiger partial charge in [0.2, 0.25) is 0 Å². The van der Waals surface area contributed by atoms with Crippen molar-refractivity contribution in [3.63, 3.8) is 0 Å². The van der Waals surface area contributed by atoms with E-state index in [4.69, 9.17) is 0 Å². The molecule has 0 atom stereocenters. The highest BCUT2D eigenvalue weighted by molar-refractivity contribution is 7.16. The minimum atomic E-state index is 0.974. The third-order valence-electron chi connectivity index (χ3n) is 2.92. The fraction of sp³-hybridized carbons (Fsp3) is 0.571. The van der Waals surface area contributed by atoms with Gasteiger partial charge in [0, 0.05) is 11.9 Å². The molecule has 0 fully saturated rings. The van der Waals surface area contributed by atoms with Gasteiger partial charge >= 0.3 is 0 Å². The molecule has 0 bridgehead atoms. The summed E-state index contributed by atoms with van der Waals surface area (Å²) in [5.74, 6) is 0. The Morgan fingerprint density at radius 1 is 1.16 bits per heavy atom. The Morgan fingerprint density at radius 2 is 2.00 bits per heavy atom. The van der Waals surface area contributed by atoms with Gasteiger partial charge in [-0.15, -0.1) is 22.7 Å². The molecule has 0 amide bonds. The first-order valence-electron chi connectivity index (χ1n) is 6.96. The van der Waals surface area contributed by atoms with Crippen LogP contribution in [0, 0.1) is 0 Å². The number of hydrogen-bond donors (Lipinski definition) is 1. The Kier molecular flexibility index (Phi) is 5.34. The number of hydrogen-bond acceptors (Lipinski definition) is 5. The van der Waals surface area contributed by atoms with E-state index in [9.17, 15) is 0 Å². The van der Waals surface area contributed by atoms with E-state index in [0.717, 1.165) is 30.2 Å². The van der Waals surface area contributed by atoms with E-state index in [1.54, 1.807) is 22.7 Å². The molecule has 5 heteroatoms. The molecular formula is C14H21N3S2. The minimum Gasteiger partial charge on any atom is -0.362 e. The molecule has 0 aliphatic carbocycles. The molecule has 0 aromatic carbocycles. The van der Waals surface area contributed by atoms with Crippen LogP contribution in [0.2, 0.25) is 0 Å². The van der Waals surface area contributed by atoms with Crippen molar-refractivity contribution in [1.82, 2.24) is 9.97 Å². The summed E-state index contributed by atoms with van der Waals surface area (Å²) in [5.41, 5.74) is 2.27. The molecular weight excluding hydrogens is 274 g/mol. The number of nitrogens with one attached hydrogen (secondary N) is 1. The highest BCUT2D eigenvalue weighted by Gasteiger charge is 2.13. The van der Waals surface area contributed by atoms with Gasteiger partial charge in [0.1, 0.15) is 0 Å². The summed E-state index contributed by atoms with van der Waals surface area (Å²) >= 11 is 3.47. The maximum Gasteiger partial charge on any atom is 0.183 e. The van der Waals surface area contributed by atoms with Gasteiger partial charge in [-0.1, -0.05) is 27.2 Å². The van der Waals surface area contributed by atoms with Crippen molar-refractivity contribution in [2.24, 2.45) is 0 Å². The van der Waals surface area contributed by atoms with Crippen molar-refractivity contribution in [3.05, 3.63) is 16.1 Å². The van der Waals surface area contributed by atoms with E-state index in [0.29, 0.717) is 0 Å². The van der Waals surface area contributed by atoms with Crippen LogP contribution in [0.25, 0.3) is 10.6 Å². The normalized spacial score (nSPS) is 10.9. The lowest BCUT2D eigenvalue weighted by Crippen LogP contribution is -1.99. The van der Waals surface area contributed by atoms with Crippen LogP contribution < -0.4 is 5.32 Å². The van der Waals surface area contributed by atoms with Crippen LogP contribution in [0.4, 0.5) is 5.13 Å². The van der Waals surface area contributed by atoms with Gasteiger partial charge in [-0.2, -0.15) is 0 Å². The van der Waals surface area contributed by atoms with E-state index >= 15 is 0 Å². The van der Waals surface area contributed by atoms with Crippen LogP contribution >= 0.6 is 22.7 Å². The molecule has 0 aliphatic heterocycles. The van der Waals surface area contributed by atoms with E-state index in [-0.39, 0.29) is 0 Å². The Bertz CT molecular complexity index is 516. The van der Waals surface area contributed by atoms with Crippen LogP contribution in [0.3, 0.4) is 0 Å². The standard InChI is InChI=1S/C14H21N3S2/c1-4-7-8-15-14-17-11(9-18-14)13-10(5-2)16-12(6-3)19-13/h9H,4-8H2,1-3H3,(H,15,17). The van der Waals surface area contributed by atoms with E-state index in [1.807, 2.05) is 0 Å². The molecule has 0 radical (unpaired) electrons. The fourth-order valence-corrected chi connectivity index (χ4v) is 3.68. The first-order valence-corrected chi connectivity index (χ1v) is 8.66. The summed E-state index contributed by atoms with van der Waals surface area (Å²) in [4.78, 5) is 10.6. The van der Waals surface area contributed by atoms with Crippen molar-refractivity contribution in [3.8, 4) is 10.6 Å². The third-order valence-corrected chi connectivity index (χ3v) is 4.99. The molecule has 1 N–H and O–H groups in total. The zero-order chi connectivity index (χ0) is 13.7. The predicted molar refractivity (Wildman–Crippen MR) is 85.4 cm³/mol.